The standard InChI is InChI=1S/C32H34N4O5S/c1-41-26-12-10-25(11-13-26)36-22-34(21-23-6-4-7-24(20-23)29(37)38)30(39)32(36)14-18-33(19-15-32)16-5-17-35-27-8-2-3-9-28(27)42-31(35)40/h2-4,6-13,20H,5,14-19,21-22H2,1H3,(H,37,38). The summed E-state index contributed by atoms with van der Waals surface area (Å²) in [7, 11) is 1.63. The van der Waals surface area contributed by atoms with E-state index in [1.54, 1.807) is 25.3 Å². The summed E-state index contributed by atoms with van der Waals surface area (Å²) in [6.07, 6.45) is 2.23. The van der Waals surface area contributed by atoms with Gasteiger partial charge in [0.15, 0.2) is 0 Å². The largest absolute Gasteiger partial charge is 0.497 e. The number of ether oxygens (including phenoxy) is 1. The second kappa shape index (κ2) is 11.6. The number of carbonyl (C=O) groups excluding carboxylic acids is 1. The third kappa shape index (κ3) is 5.28. The number of amides is 1. The van der Waals surface area contributed by atoms with Crippen LogP contribution >= 0.6 is 11.3 Å². The van der Waals surface area contributed by atoms with Gasteiger partial charge >= 0.3 is 10.8 Å². The third-order valence-electron chi connectivity index (χ3n) is 8.56. The van der Waals surface area contributed by atoms with Gasteiger partial charge in [0.25, 0.3) is 0 Å². The maximum Gasteiger partial charge on any atom is 0.335 e. The number of aryl methyl sites for hydroxylation is 1. The first-order valence-corrected chi connectivity index (χ1v) is 15.0. The molecule has 218 valence electrons. The Kier molecular flexibility index (Phi) is 7.74. The molecule has 42 heavy (non-hydrogen) atoms. The second-order valence-corrected chi connectivity index (χ2v) is 12.0. The van der Waals surface area contributed by atoms with Gasteiger partial charge in [0.1, 0.15) is 11.3 Å². The number of likely N-dealkylation sites (tertiary alicyclic amines) is 1. The van der Waals surface area contributed by atoms with Gasteiger partial charge in [-0.1, -0.05) is 35.6 Å². The molecule has 3 aromatic carbocycles. The highest BCUT2D eigenvalue weighted by Crippen LogP contribution is 2.40. The Morgan fingerprint density at radius 2 is 1.74 bits per heavy atom. The van der Waals surface area contributed by atoms with Crippen LogP contribution in [0.25, 0.3) is 10.2 Å². The number of aromatic nitrogens is 1. The van der Waals surface area contributed by atoms with E-state index in [-0.39, 0.29) is 16.3 Å². The van der Waals surface area contributed by atoms with Gasteiger partial charge in [-0.15, -0.1) is 0 Å². The maximum absolute atomic E-state index is 14.1. The lowest BCUT2D eigenvalue weighted by atomic mass is 9.85. The van der Waals surface area contributed by atoms with Crippen molar-refractivity contribution in [3.05, 3.63) is 93.6 Å². The number of piperidine rings is 1. The average molecular weight is 587 g/mol. The number of hydrogen-bond acceptors (Lipinski definition) is 7. The van der Waals surface area contributed by atoms with Crippen molar-refractivity contribution in [2.24, 2.45) is 0 Å². The van der Waals surface area contributed by atoms with Crippen LogP contribution in [0.15, 0.2) is 77.6 Å². The van der Waals surface area contributed by atoms with E-state index >= 15 is 0 Å². The van der Waals surface area contributed by atoms with E-state index in [0.717, 1.165) is 53.3 Å². The Hall–Kier alpha value is -4.15. The molecule has 0 saturated carbocycles. The van der Waals surface area contributed by atoms with Crippen LogP contribution in [0, 0.1) is 0 Å². The molecule has 2 saturated heterocycles. The minimum absolute atomic E-state index is 0.0782. The summed E-state index contributed by atoms with van der Waals surface area (Å²) in [5.41, 5.74) is 2.29. The molecule has 2 aliphatic rings. The lowest BCUT2D eigenvalue weighted by Gasteiger charge is -2.43. The van der Waals surface area contributed by atoms with Crippen molar-refractivity contribution in [3.63, 3.8) is 0 Å². The van der Waals surface area contributed by atoms with E-state index in [1.807, 2.05) is 64.1 Å². The van der Waals surface area contributed by atoms with Crippen LogP contribution in [0.4, 0.5) is 5.69 Å². The summed E-state index contributed by atoms with van der Waals surface area (Å²) in [5, 5.41) is 9.43. The molecule has 0 bridgehead atoms. The topological polar surface area (TPSA) is 95.3 Å². The van der Waals surface area contributed by atoms with Crippen molar-refractivity contribution in [2.75, 3.05) is 38.3 Å². The molecule has 9 nitrogen and oxygen atoms in total. The summed E-state index contributed by atoms with van der Waals surface area (Å²) < 4.78 is 8.24. The van der Waals surface area contributed by atoms with E-state index in [2.05, 4.69) is 9.80 Å². The summed E-state index contributed by atoms with van der Waals surface area (Å²) in [6, 6.07) is 22.5. The first-order chi connectivity index (χ1) is 20.4. The number of carboxylic acids is 1. The highest BCUT2D eigenvalue weighted by Gasteiger charge is 2.53. The predicted molar refractivity (Wildman–Crippen MR) is 163 cm³/mol. The number of rotatable bonds is 9. The molecule has 0 aliphatic carbocycles. The fourth-order valence-corrected chi connectivity index (χ4v) is 7.24. The van der Waals surface area contributed by atoms with Crippen molar-refractivity contribution in [1.82, 2.24) is 14.4 Å². The van der Waals surface area contributed by atoms with E-state index in [9.17, 15) is 19.5 Å². The molecule has 0 radical (unpaired) electrons. The minimum atomic E-state index is -0.981. The highest BCUT2D eigenvalue weighted by atomic mass is 32.1. The van der Waals surface area contributed by atoms with E-state index in [0.29, 0.717) is 32.6 Å². The number of benzene rings is 3. The molecule has 1 N–H and O–H groups in total. The number of carbonyl (C=O) groups is 2. The number of thiazole rings is 1. The molecule has 2 aliphatic heterocycles. The first-order valence-electron chi connectivity index (χ1n) is 14.2. The summed E-state index contributed by atoms with van der Waals surface area (Å²) in [5.74, 6) is -0.145. The predicted octanol–water partition coefficient (Wildman–Crippen LogP) is 4.50. The molecule has 2 fully saturated rings. The van der Waals surface area contributed by atoms with E-state index in [1.165, 1.54) is 11.3 Å². The zero-order chi connectivity index (χ0) is 29.3. The Labute approximate surface area is 248 Å². The van der Waals surface area contributed by atoms with Gasteiger partial charge in [0, 0.05) is 31.9 Å². The fourth-order valence-electron chi connectivity index (χ4n) is 6.32. The van der Waals surface area contributed by atoms with E-state index in [4.69, 9.17) is 4.74 Å². The molecule has 4 aromatic rings. The number of fused-ring (bicyclic) bond motifs is 1. The van der Waals surface area contributed by atoms with Crippen LogP contribution < -0.4 is 14.5 Å². The van der Waals surface area contributed by atoms with Gasteiger partial charge in [-0.3, -0.25) is 14.2 Å². The third-order valence-corrected chi connectivity index (χ3v) is 9.52. The summed E-state index contributed by atoms with van der Waals surface area (Å²) >= 11 is 1.29. The Bertz CT molecular complexity index is 1660. The molecule has 1 aromatic heterocycles. The SMILES string of the molecule is COc1ccc(N2CN(Cc3cccc(C(=O)O)c3)C(=O)C23CCN(CCCn2c(=O)sc4ccccc42)CC3)cc1. The molecular formula is C32H34N4O5S. The number of hydrogen-bond donors (Lipinski definition) is 1. The van der Waals surface area contributed by atoms with E-state index < -0.39 is 11.5 Å². The minimum Gasteiger partial charge on any atom is -0.497 e. The average Bonchev–Trinajstić information content (AvgIpc) is 3.47. The van der Waals surface area contributed by atoms with Gasteiger partial charge in [0.2, 0.25) is 5.91 Å². The number of methoxy groups -OCH3 is 1. The summed E-state index contributed by atoms with van der Waals surface area (Å²) in [4.78, 5) is 44.7. The normalized spacial score (nSPS) is 16.9. The Morgan fingerprint density at radius 1 is 0.976 bits per heavy atom. The van der Waals surface area contributed by atoms with Gasteiger partial charge in [0.05, 0.1) is 29.6 Å². The monoisotopic (exact) mass is 586 g/mol. The van der Waals surface area contributed by atoms with Crippen molar-refractivity contribution in [1.29, 1.82) is 0 Å². The molecule has 1 spiro atoms. The quantitative estimate of drug-likeness (QED) is 0.309. The van der Waals surface area contributed by atoms with Crippen LogP contribution in [0.3, 0.4) is 0 Å². The van der Waals surface area contributed by atoms with Crippen molar-refractivity contribution in [2.45, 2.75) is 37.9 Å². The van der Waals surface area contributed by atoms with Gasteiger partial charge in [-0.25, -0.2) is 4.79 Å². The Balaban J connectivity index is 1.17. The van der Waals surface area contributed by atoms with Crippen LogP contribution in [0.1, 0.15) is 35.2 Å². The second-order valence-electron chi connectivity index (χ2n) is 11.0. The number of carboxylic acid groups (broad SMARTS) is 1. The number of anilines is 1. The highest BCUT2D eigenvalue weighted by molar-refractivity contribution is 7.16. The van der Waals surface area contributed by atoms with Crippen molar-refractivity contribution < 1.29 is 19.4 Å². The molecule has 3 heterocycles. The van der Waals surface area contributed by atoms with Crippen LogP contribution in [-0.2, 0) is 17.9 Å². The lowest BCUT2D eigenvalue weighted by molar-refractivity contribution is -0.134. The Morgan fingerprint density at radius 3 is 2.48 bits per heavy atom. The molecule has 0 atom stereocenters. The molecule has 10 heteroatoms. The fraction of sp³-hybridized carbons (Fsp3) is 0.344. The first kappa shape index (κ1) is 28.0. The smallest absolute Gasteiger partial charge is 0.335 e. The van der Waals surface area contributed by atoms with Crippen LogP contribution in [0.5, 0.6) is 5.75 Å². The van der Waals surface area contributed by atoms with Crippen LogP contribution in [0.2, 0.25) is 0 Å². The molecule has 1 amide bonds. The molecule has 0 unspecified atom stereocenters. The zero-order valence-corrected chi connectivity index (χ0v) is 24.4. The number of aromatic carboxylic acids is 1. The molecular weight excluding hydrogens is 552 g/mol. The van der Waals surface area contributed by atoms with Crippen LogP contribution in [-0.4, -0.2) is 70.3 Å². The summed E-state index contributed by atoms with van der Waals surface area (Å²) in [6.45, 7) is 3.86. The van der Waals surface area contributed by atoms with Crippen molar-refractivity contribution in [3.8, 4) is 5.75 Å². The number of nitrogens with zero attached hydrogens (tertiary/aromatic N) is 4. The van der Waals surface area contributed by atoms with Gasteiger partial charge in [-0.05, 0) is 79.9 Å². The maximum atomic E-state index is 14.1. The van der Waals surface area contributed by atoms with Crippen molar-refractivity contribution >= 4 is 39.1 Å². The number of para-hydroxylation sites is 1. The lowest BCUT2D eigenvalue weighted by Crippen LogP contribution is -2.56. The van der Waals surface area contributed by atoms with Gasteiger partial charge < -0.3 is 24.5 Å². The zero-order valence-electron chi connectivity index (χ0n) is 23.6. The van der Waals surface area contributed by atoms with Gasteiger partial charge in [-0.2, -0.15) is 0 Å². The molecule has 6 rings (SSSR count).